The van der Waals surface area contributed by atoms with Crippen LogP contribution in [0, 0.1) is 0 Å². The summed E-state index contributed by atoms with van der Waals surface area (Å²) >= 11 is 0. The van der Waals surface area contributed by atoms with Gasteiger partial charge in [-0.15, -0.1) is 0 Å². The van der Waals surface area contributed by atoms with E-state index in [0.29, 0.717) is 19.3 Å². The van der Waals surface area contributed by atoms with Crippen LogP contribution in [0.25, 0.3) is 0 Å². The molecule has 0 aromatic carbocycles. The van der Waals surface area contributed by atoms with Gasteiger partial charge in [0.05, 0.1) is 0 Å². The van der Waals surface area contributed by atoms with Gasteiger partial charge in [-0.2, -0.15) is 0 Å². The van der Waals surface area contributed by atoms with E-state index in [2.05, 4.69) is 106 Å². The highest BCUT2D eigenvalue weighted by molar-refractivity contribution is 5.71. The van der Waals surface area contributed by atoms with Crippen LogP contribution < -0.4 is 0 Å². The van der Waals surface area contributed by atoms with Crippen molar-refractivity contribution in [2.45, 2.75) is 271 Å². The van der Waals surface area contributed by atoms with Gasteiger partial charge < -0.3 is 14.2 Å². The monoisotopic (exact) mass is 933 g/mol. The third-order valence-corrected chi connectivity index (χ3v) is 11.9. The van der Waals surface area contributed by atoms with Crippen molar-refractivity contribution in [3.8, 4) is 0 Å². The van der Waals surface area contributed by atoms with E-state index in [0.717, 1.165) is 135 Å². The molecule has 0 radical (unpaired) electrons. The quantitative estimate of drug-likeness (QED) is 0.0262. The van der Waals surface area contributed by atoms with Crippen LogP contribution in [-0.2, 0) is 28.6 Å². The third-order valence-electron chi connectivity index (χ3n) is 11.9. The highest BCUT2D eigenvalue weighted by Gasteiger charge is 2.19. The van der Waals surface area contributed by atoms with Gasteiger partial charge in [-0.1, -0.05) is 234 Å². The molecule has 0 aliphatic rings. The van der Waals surface area contributed by atoms with Gasteiger partial charge in [0.15, 0.2) is 6.10 Å². The minimum atomic E-state index is -0.791. The average Bonchev–Trinajstić information content (AvgIpc) is 3.33. The summed E-state index contributed by atoms with van der Waals surface area (Å²) in [6.45, 7) is 6.49. The van der Waals surface area contributed by atoms with Gasteiger partial charge in [0.2, 0.25) is 0 Å². The molecule has 0 rings (SSSR count). The van der Waals surface area contributed by atoms with E-state index in [1.807, 2.05) is 0 Å². The van der Waals surface area contributed by atoms with Crippen LogP contribution in [0.5, 0.6) is 0 Å². The van der Waals surface area contributed by atoms with Crippen molar-refractivity contribution in [2.75, 3.05) is 13.2 Å². The van der Waals surface area contributed by atoms with Crippen LogP contribution >= 0.6 is 0 Å². The summed E-state index contributed by atoms with van der Waals surface area (Å²) in [7, 11) is 0. The number of allylic oxidation sites excluding steroid dienone is 14. The molecule has 6 nitrogen and oxygen atoms in total. The van der Waals surface area contributed by atoms with Crippen LogP contribution in [0.3, 0.4) is 0 Å². The van der Waals surface area contributed by atoms with E-state index >= 15 is 0 Å². The van der Waals surface area contributed by atoms with Crippen LogP contribution in [0.15, 0.2) is 85.1 Å². The highest BCUT2D eigenvalue weighted by Crippen LogP contribution is 2.15. The van der Waals surface area contributed by atoms with Crippen molar-refractivity contribution >= 4 is 17.9 Å². The molecule has 0 aromatic heterocycles. The zero-order valence-electron chi connectivity index (χ0n) is 43.9. The predicted molar refractivity (Wildman–Crippen MR) is 288 cm³/mol. The minimum Gasteiger partial charge on any atom is -0.462 e. The summed E-state index contributed by atoms with van der Waals surface area (Å²) in [4.78, 5) is 38.1. The van der Waals surface area contributed by atoms with Crippen molar-refractivity contribution in [1.29, 1.82) is 0 Å². The second-order valence-electron chi connectivity index (χ2n) is 18.5. The standard InChI is InChI=1S/C61H104O6/c1-4-7-10-13-16-19-22-25-27-29-30-31-32-33-35-36-39-42-45-48-51-54-60(63)66-57-58(56-65-59(62)53-50-47-44-41-38-24-21-18-15-12-9-6-3)67-61(64)55-52-49-46-43-40-37-34-28-26-23-20-17-14-11-8-5-2/h7,10,16,19-20,23,25,27-28,30-31,33-35,58H,4-6,8-9,11-15,17-18,21-22,24,26,29,32,36-57H2,1-3H3/b10-7-,19-16-,23-20-,27-25-,31-30-,34-28-,35-33-. The van der Waals surface area contributed by atoms with Gasteiger partial charge in [0.1, 0.15) is 13.2 Å². The molecule has 6 heteroatoms. The fraction of sp³-hybridized carbons (Fsp3) is 0.721. The Hall–Kier alpha value is -3.41. The zero-order chi connectivity index (χ0) is 48.6. The first-order chi connectivity index (χ1) is 33.0. The molecule has 0 saturated heterocycles. The summed E-state index contributed by atoms with van der Waals surface area (Å²) in [5.41, 5.74) is 0. The first kappa shape index (κ1) is 63.6. The Bertz CT molecular complexity index is 1300. The second-order valence-corrected chi connectivity index (χ2v) is 18.5. The first-order valence-electron chi connectivity index (χ1n) is 28.1. The van der Waals surface area contributed by atoms with E-state index in [1.165, 1.54) is 89.9 Å². The lowest BCUT2D eigenvalue weighted by atomic mass is 10.0. The molecule has 1 unspecified atom stereocenters. The molecule has 67 heavy (non-hydrogen) atoms. The molecule has 0 aliphatic heterocycles. The molecule has 0 N–H and O–H groups in total. The van der Waals surface area contributed by atoms with Gasteiger partial charge >= 0.3 is 17.9 Å². The number of esters is 3. The van der Waals surface area contributed by atoms with Crippen molar-refractivity contribution < 1.29 is 28.6 Å². The van der Waals surface area contributed by atoms with Crippen molar-refractivity contribution in [3.05, 3.63) is 85.1 Å². The molecule has 1 atom stereocenters. The molecule has 0 saturated carbocycles. The largest absolute Gasteiger partial charge is 0.462 e. The summed E-state index contributed by atoms with van der Waals surface area (Å²) in [5.74, 6) is -0.916. The van der Waals surface area contributed by atoms with Gasteiger partial charge in [-0.3, -0.25) is 14.4 Å². The van der Waals surface area contributed by atoms with E-state index in [4.69, 9.17) is 14.2 Å². The number of hydrogen-bond donors (Lipinski definition) is 0. The Morgan fingerprint density at radius 2 is 0.582 bits per heavy atom. The maximum absolute atomic E-state index is 12.8. The lowest BCUT2D eigenvalue weighted by molar-refractivity contribution is -0.167. The van der Waals surface area contributed by atoms with E-state index in [9.17, 15) is 14.4 Å². The second kappa shape index (κ2) is 55.2. The smallest absolute Gasteiger partial charge is 0.306 e. The summed E-state index contributed by atoms with van der Waals surface area (Å²) in [5, 5.41) is 0. The van der Waals surface area contributed by atoms with Gasteiger partial charge in [-0.25, -0.2) is 0 Å². The third kappa shape index (κ3) is 53.4. The lowest BCUT2D eigenvalue weighted by Crippen LogP contribution is -2.30. The van der Waals surface area contributed by atoms with Gasteiger partial charge in [-0.05, 0) is 96.3 Å². The normalized spacial score (nSPS) is 12.7. The number of ether oxygens (including phenoxy) is 3. The Labute approximate surface area is 414 Å². The number of carbonyl (C=O) groups excluding carboxylic acids is 3. The minimum absolute atomic E-state index is 0.0870. The van der Waals surface area contributed by atoms with Crippen LogP contribution in [0.2, 0.25) is 0 Å². The Morgan fingerprint density at radius 1 is 0.313 bits per heavy atom. The number of rotatable bonds is 50. The summed E-state index contributed by atoms with van der Waals surface area (Å²) in [6.07, 6.45) is 71.3. The first-order valence-corrected chi connectivity index (χ1v) is 28.1. The molecule has 0 heterocycles. The topological polar surface area (TPSA) is 78.9 Å². The summed E-state index contributed by atoms with van der Waals surface area (Å²) in [6, 6.07) is 0. The predicted octanol–water partition coefficient (Wildman–Crippen LogP) is 18.8. The SMILES string of the molecule is CC/C=C\C/C=C\C/C=C\C/C=C\C/C=C\CCCCCCCC(=O)OCC(COC(=O)CCCCCCCCCCCCCC)OC(=O)CCCCCCC/C=C\C/C=C\CCCCCC. The Kier molecular flexibility index (Phi) is 52.4. The molecule has 0 amide bonds. The van der Waals surface area contributed by atoms with Crippen molar-refractivity contribution in [1.82, 2.24) is 0 Å². The van der Waals surface area contributed by atoms with E-state index in [-0.39, 0.29) is 31.1 Å². The van der Waals surface area contributed by atoms with Gasteiger partial charge in [0.25, 0.3) is 0 Å². The maximum atomic E-state index is 12.8. The van der Waals surface area contributed by atoms with E-state index < -0.39 is 6.10 Å². The van der Waals surface area contributed by atoms with Crippen molar-refractivity contribution in [2.24, 2.45) is 0 Å². The molecule has 0 aliphatic carbocycles. The molecule has 384 valence electrons. The molecule has 0 bridgehead atoms. The Morgan fingerprint density at radius 3 is 0.925 bits per heavy atom. The fourth-order valence-electron chi connectivity index (χ4n) is 7.68. The van der Waals surface area contributed by atoms with Crippen molar-refractivity contribution in [3.63, 3.8) is 0 Å². The van der Waals surface area contributed by atoms with Crippen LogP contribution in [-0.4, -0.2) is 37.2 Å². The fourth-order valence-corrected chi connectivity index (χ4v) is 7.68. The number of hydrogen-bond acceptors (Lipinski definition) is 6. The molecular formula is C61H104O6. The van der Waals surface area contributed by atoms with Crippen LogP contribution in [0.1, 0.15) is 265 Å². The highest BCUT2D eigenvalue weighted by atomic mass is 16.6. The molecule has 0 spiro atoms. The number of carbonyl (C=O) groups is 3. The maximum Gasteiger partial charge on any atom is 0.306 e. The number of unbranched alkanes of at least 4 members (excludes halogenated alkanes) is 25. The Balaban J connectivity index is 4.41. The molecular weight excluding hydrogens is 829 g/mol. The van der Waals surface area contributed by atoms with E-state index in [1.54, 1.807) is 0 Å². The lowest BCUT2D eigenvalue weighted by Gasteiger charge is -2.18. The summed E-state index contributed by atoms with van der Waals surface area (Å²) < 4.78 is 16.8. The molecule has 0 fully saturated rings. The average molecular weight is 933 g/mol. The van der Waals surface area contributed by atoms with Crippen LogP contribution in [0.4, 0.5) is 0 Å². The van der Waals surface area contributed by atoms with Gasteiger partial charge in [0, 0.05) is 19.3 Å². The zero-order valence-corrected chi connectivity index (χ0v) is 43.9. The molecule has 0 aromatic rings.